The zero-order valence-corrected chi connectivity index (χ0v) is 17.5. The molecule has 0 unspecified atom stereocenters. The second kappa shape index (κ2) is 8.47. The van der Waals surface area contributed by atoms with E-state index in [0.29, 0.717) is 0 Å². The molecule has 30 heavy (non-hydrogen) atoms. The summed E-state index contributed by atoms with van der Waals surface area (Å²) in [5.41, 5.74) is 3.15. The number of ether oxygens (including phenoxy) is 1. The van der Waals surface area contributed by atoms with Gasteiger partial charge in [0.2, 0.25) is 0 Å². The number of rotatable bonds is 6. The Morgan fingerprint density at radius 2 is 1.83 bits per heavy atom. The Morgan fingerprint density at radius 3 is 2.63 bits per heavy atom. The molecule has 0 atom stereocenters. The highest BCUT2D eigenvalue weighted by molar-refractivity contribution is 5.83. The molecule has 2 aromatic heterocycles. The standard InChI is InChI=1S/C22H29N7O/c1-30-18-7-5-17(6-8-18)28-14-12-27(13-15-28)11-9-23-21-20-22(25-16-24-21)29-10-3-2-4-19(29)26-20/h5-8,16H,2-4,9-15H2,1H3,(H,23,24,25). The molecular formula is C22H29N7O. The van der Waals surface area contributed by atoms with E-state index in [4.69, 9.17) is 9.72 Å². The van der Waals surface area contributed by atoms with Crippen LogP contribution in [0, 0.1) is 0 Å². The summed E-state index contributed by atoms with van der Waals surface area (Å²) in [7, 11) is 1.70. The largest absolute Gasteiger partial charge is 0.497 e. The summed E-state index contributed by atoms with van der Waals surface area (Å²) in [6, 6.07) is 8.34. The topological polar surface area (TPSA) is 71.3 Å². The molecule has 2 aliphatic rings. The summed E-state index contributed by atoms with van der Waals surface area (Å²) in [5, 5.41) is 3.50. The summed E-state index contributed by atoms with van der Waals surface area (Å²) < 4.78 is 7.51. The number of fused-ring (bicyclic) bond motifs is 3. The highest BCUT2D eigenvalue weighted by atomic mass is 16.5. The first-order valence-electron chi connectivity index (χ1n) is 10.9. The van der Waals surface area contributed by atoms with Gasteiger partial charge in [-0.2, -0.15) is 0 Å². The molecule has 1 fully saturated rings. The summed E-state index contributed by atoms with van der Waals surface area (Å²) in [5.74, 6) is 2.91. The first-order chi connectivity index (χ1) is 14.8. The van der Waals surface area contributed by atoms with Gasteiger partial charge in [-0.1, -0.05) is 0 Å². The van der Waals surface area contributed by atoms with E-state index < -0.39 is 0 Å². The lowest BCUT2D eigenvalue weighted by molar-refractivity contribution is 0.267. The van der Waals surface area contributed by atoms with Crippen LogP contribution in [0.4, 0.5) is 11.5 Å². The Hall–Kier alpha value is -2.87. The van der Waals surface area contributed by atoms with Gasteiger partial charge in [-0.3, -0.25) is 4.90 Å². The molecule has 158 valence electrons. The van der Waals surface area contributed by atoms with Crippen LogP contribution in [0.2, 0.25) is 0 Å². The number of hydrogen-bond acceptors (Lipinski definition) is 7. The molecule has 1 aromatic carbocycles. The number of nitrogens with one attached hydrogen (secondary N) is 1. The molecule has 1 saturated heterocycles. The number of nitrogens with zero attached hydrogens (tertiary/aromatic N) is 6. The van der Waals surface area contributed by atoms with Crippen LogP contribution in [0.25, 0.3) is 11.2 Å². The minimum Gasteiger partial charge on any atom is -0.497 e. The average Bonchev–Trinajstić information content (AvgIpc) is 3.19. The van der Waals surface area contributed by atoms with Crippen molar-refractivity contribution in [2.75, 3.05) is 56.6 Å². The van der Waals surface area contributed by atoms with Crippen LogP contribution in [-0.4, -0.2) is 70.8 Å². The third kappa shape index (κ3) is 3.79. The Kier molecular flexibility index (Phi) is 5.40. The van der Waals surface area contributed by atoms with Gasteiger partial charge in [-0.05, 0) is 37.1 Å². The zero-order valence-electron chi connectivity index (χ0n) is 17.5. The van der Waals surface area contributed by atoms with Crippen molar-refractivity contribution in [3.63, 3.8) is 0 Å². The van der Waals surface area contributed by atoms with Crippen molar-refractivity contribution in [3.8, 4) is 5.75 Å². The number of methoxy groups -OCH3 is 1. The second-order valence-electron chi connectivity index (χ2n) is 7.98. The second-order valence-corrected chi connectivity index (χ2v) is 7.98. The number of hydrogen-bond donors (Lipinski definition) is 1. The molecule has 2 aliphatic heterocycles. The lowest BCUT2D eigenvalue weighted by Crippen LogP contribution is -2.47. The van der Waals surface area contributed by atoms with Crippen LogP contribution in [0.5, 0.6) is 5.75 Å². The van der Waals surface area contributed by atoms with Gasteiger partial charge in [0.15, 0.2) is 17.0 Å². The summed E-state index contributed by atoms with van der Waals surface area (Å²) in [6.45, 7) is 7.07. The molecule has 1 N–H and O–H groups in total. The van der Waals surface area contributed by atoms with E-state index >= 15 is 0 Å². The van der Waals surface area contributed by atoms with Crippen LogP contribution in [0.1, 0.15) is 18.7 Å². The number of imidazole rings is 1. The number of benzene rings is 1. The predicted molar refractivity (Wildman–Crippen MR) is 118 cm³/mol. The molecule has 0 amide bonds. The molecule has 0 saturated carbocycles. The van der Waals surface area contributed by atoms with Crippen molar-refractivity contribution in [1.82, 2.24) is 24.4 Å². The van der Waals surface area contributed by atoms with E-state index in [0.717, 1.165) is 80.8 Å². The number of aryl methyl sites for hydroxylation is 2. The fraction of sp³-hybridized carbons (Fsp3) is 0.500. The summed E-state index contributed by atoms with van der Waals surface area (Å²) in [4.78, 5) is 18.7. The molecular weight excluding hydrogens is 378 g/mol. The average molecular weight is 408 g/mol. The van der Waals surface area contributed by atoms with Gasteiger partial charge in [0.1, 0.15) is 17.9 Å². The molecule has 0 aliphatic carbocycles. The van der Waals surface area contributed by atoms with Crippen LogP contribution >= 0.6 is 0 Å². The van der Waals surface area contributed by atoms with Crippen LogP contribution < -0.4 is 15.0 Å². The third-order valence-electron chi connectivity index (χ3n) is 6.17. The number of piperazine rings is 1. The quantitative estimate of drug-likeness (QED) is 0.673. The van der Waals surface area contributed by atoms with Crippen molar-refractivity contribution < 1.29 is 4.74 Å². The molecule has 8 nitrogen and oxygen atoms in total. The number of anilines is 2. The SMILES string of the molecule is COc1ccc(N2CCN(CCNc3ncnc4c3nc3n4CCCC3)CC2)cc1. The molecule has 8 heteroatoms. The smallest absolute Gasteiger partial charge is 0.165 e. The fourth-order valence-electron chi connectivity index (χ4n) is 4.44. The van der Waals surface area contributed by atoms with E-state index in [2.05, 4.69) is 41.8 Å². The minimum atomic E-state index is 0.858. The van der Waals surface area contributed by atoms with Crippen molar-refractivity contribution in [2.45, 2.75) is 25.8 Å². The van der Waals surface area contributed by atoms with Gasteiger partial charge in [-0.25, -0.2) is 15.0 Å². The summed E-state index contributed by atoms with van der Waals surface area (Å²) >= 11 is 0. The molecule has 4 heterocycles. The first kappa shape index (κ1) is 19.1. The Bertz CT molecular complexity index is 993. The van der Waals surface area contributed by atoms with Crippen LogP contribution in [0.15, 0.2) is 30.6 Å². The number of aromatic nitrogens is 4. The van der Waals surface area contributed by atoms with Gasteiger partial charge >= 0.3 is 0 Å². The first-order valence-corrected chi connectivity index (χ1v) is 10.9. The maximum absolute atomic E-state index is 5.26. The Balaban J connectivity index is 1.15. The van der Waals surface area contributed by atoms with Gasteiger partial charge < -0.3 is 19.5 Å². The van der Waals surface area contributed by atoms with Crippen molar-refractivity contribution in [1.29, 1.82) is 0 Å². The van der Waals surface area contributed by atoms with Crippen molar-refractivity contribution in [3.05, 3.63) is 36.4 Å². The zero-order chi connectivity index (χ0) is 20.3. The van der Waals surface area contributed by atoms with E-state index in [1.165, 1.54) is 18.5 Å². The highest BCUT2D eigenvalue weighted by Gasteiger charge is 2.19. The maximum Gasteiger partial charge on any atom is 0.165 e. The van der Waals surface area contributed by atoms with E-state index in [1.54, 1.807) is 13.4 Å². The van der Waals surface area contributed by atoms with Crippen molar-refractivity contribution in [2.24, 2.45) is 0 Å². The lowest BCUT2D eigenvalue weighted by Gasteiger charge is -2.36. The van der Waals surface area contributed by atoms with Gasteiger partial charge in [0, 0.05) is 57.9 Å². The third-order valence-corrected chi connectivity index (χ3v) is 6.17. The normalized spacial score (nSPS) is 17.2. The predicted octanol–water partition coefficient (Wildman–Crippen LogP) is 2.41. The molecule has 5 rings (SSSR count). The Labute approximate surface area is 176 Å². The van der Waals surface area contributed by atoms with Crippen LogP contribution in [0.3, 0.4) is 0 Å². The molecule has 0 bridgehead atoms. The highest BCUT2D eigenvalue weighted by Crippen LogP contribution is 2.24. The molecule has 0 radical (unpaired) electrons. The lowest BCUT2D eigenvalue weighted by atomic mass is 10.2. The Morgan fingerprint density at radius 1 is 1.00 bits per heavy atom. The van der Waals surface area contributed by atoms with Gasteiger partial charge in [0.05, 0.1) is 7.11 Å². The van der Waals surface area contributed by atoms with Gasteiger partial charge in [0.25, 0.3) is 0 Å². The molecule has 3 aromatic rings. The summed E-state index contributed by atoms with van der Waals surface area (Å²) in [6.07, 6.45) is 5.10. The fourth-order valence-corrected chi connectivity index (χ4v) is 4.44. The van der Waals surface area contributed by atoms with E-state index in [1.807, 2.05) is 12.1 Å². The van der Waals surface area contributed by atoms with Crippen molar-refractivity contribution >= 4 is 22.7 Å². The maximum atomic E-state index is 5.26. The minimum absolute atomic E-state index is 0.858. The van der Waals surface area contributed by atoms with E-state index in [9.17, 15) is 0 Å². The van der Waals surface area contributed by atoms with E-state index in [-0.39, 0.29) is 0 Å². The monoisotopic (exact) mass is 407 g/mol. The molecule has 0 spiro atoms. The van der Waals surface area contributed by atoms with Crippen LogP contribution in [-0.2, 0) is 13.0 Å². The van der Waals surface area contributed by atoms with Gasteiger partial charge in [-0.15, -0.1) is 0 Å².